The number of ether oxygens (including phenoxy) is 2. The molecule has 0 aliphatic carbocycles. The Hall–Kier alpha value is -3.94. The third-order valence-corrected chi connectivity index (χ3v) is 6.30. The molecular weight excluding hydrogens is 452 g/mol. The normalized spacial score (nSPS) is 14.6. The molecule has 35 heavy (non-hydrogen) atoms. The van der Waals surface area contributed by atoms with Gasteiger partial charge in [0.1, 0.15) is 23.7 Å². The van der Waals surface area contributed by atoms with Crippen LogP contribution in [0.3, 0.4) is 0 Å². The van der Waals surface area contributed by atoms with Crippen molar-refractivity contribution in [2.75, 3.05) is 11.9 Å². The van der Waals surface area contributed by atoms with E-state index >= 15 is 0 Å². The summed E-state index contributed by atoms with van der Waals surface area (Å²) >= 11 is 0. The van der Waals surface area contributed by atoms with Crippen LogP contribution in [-0.2, 0) is 22.5 Å². The molecule has 1 N–H and O–H groups in total. The Balaban J connectivity index is 1.44. The van der Waals surface area contributed by atoms with Crippen LogP contribution in [0.25, 0.3) is 16.7 Å². The fraction of sp³-hybridized carbons (Fsp3) is 0.259. The van der Waals surface area contributed by atoms with E-state index in [1.54, 1.807) is 4.57 Å². The molecular formula is C27H25F2N3O3. The molecule has 0 saturated carbocycles. The standard InChI is InChI=1S/C27H25F2N3O3/c1-4-25-31-21-11-10-20(28)26(29)27(21)32(25)22-7-5-6-17(15(22)2)13-30-18-8-9-19-23(12-18)34-14-24(19)35-16(3)33/h5-12,24,30H,4,13-14H2,1-3H3/t24-/m1/s1. The molecule has 3 aromatic carbocycles. The second-order valence-corrected chi connectivity index (χ2v) is 8.52. The van der Waals surface area contributed by atoms with Crippen molar-refractivity contribution in [1.29, 1.82) is 0 Å². The van der Waals surface area contributed by atoms with Crippen LogP contribution in [0.15, 0.2) is 48.5 Å². The summed E-state index contributed by atoms with van der Waals surface area (Å²) in [6, 6.07) is 14.1. The van der Waals surface area contributed by atoms with Crippen LogP contribution in [0.4, 0.5) is 14.5 Å². The number of anilines is 1. The first-order valence-electron chi connectivity index (χ1n) is 11.5. The molecule has 6 nitrogen and oxygen atoms in total. The Labute approximate surface area is 201 Å². The predicted octanol–water partition coefficient (Wildman–Crippen LogP) is 5.78. The van der Waals surface area contributed by atoms with E-state index in [2.05, 4.69) is 10.3 Å². The summed E-state index contributed by atoms with van der Waals surface area (Å²) in [5, 5.41) is 3.40. The van der Waals surface area contributed by atoms with E-state index in [4.69, 9.17) is 9.47 Å². The highest BCUT2D eigenvalue weighted by molar-refractivity contribution is 5.79. The summed E-state index contributed by atoms with van der Waals surface area (Å²) in [5.41, 5.74) is 4.97. The number of nitrogens with zero attached hydrogens (tertiary/aromatic N) is 2. The molecule has 0 saturated heterocycles. The molecule has 2 heterocycles. The number of carbonyl (C=O) groups is 1. The van der Waals surface area contributed by atoms with Gasteiger partial charge < -0.3 is 14.8 Å². The maximum absolute atomic E-state index is 14.8. The van der Waals surface area contributed by atoms with E-state index in [0.29, 0.717) is 36.7 Å². The van der Waals surface area contributed by atoms with Crippen molar-refractivity contribution in [1.82, 2.24) is 9.55 Å². The van der Waals surface area contributed by atoms with Crippen molar-refractivity contribution < 1.29 is 23.0 Å². The van der Waals surface area contributed by atoms with Crippen LogP contribution in [0.1, 0.15) is 42.5 Å². The number of carbonyl (C=O) groups excluding carboxylic acids is 1. The van der Waals surface area contributed by atoms with Crippen LogP contribution in [0, 0.1) is 18.6 Å². The van der Waals surface area contributed by atoms with Crippen molar-refractivity contribution in [3.63, 3.8) is 0 Å². The molecule has 180 valence electrons. The highest BCUT2D eigenvalue weighted by Crippen LogP contribution is 2.37. The van der Waals surface area contributed by atoms with Gasteiger partial charge in [0.2, 0.25) is 0 Å². The molecule has 1 aliphatic heterocycles. The third kappa shape index (κ3) is 4.09. The minimum atomic E-state index is -0.900. The van der Waals surface area contributed by atoms with E-state index < -0.39 is 17.7 Å². The number of rotatable bonds is 6. The molecule has 5 rings (SSSR count). The van der Waals surface area contributed by atoms with Gasteiger partial charge in [-0.05, 0) is 48.4 Å². The van der Waals surface area contributed by atoms with E-state index in [1.807, 2.05) is 50.2 Å². The summed E-state index contributed by atoms with van der Waals surface area (Å²) in [6.45, 7) is 6.09. The summed E-state index contributed by atoms with van der Waals surface area (Å²) in [5.74, 6) is -0.796. The summed E-state index contributed by atoms with van der Waals surface area (Å²) < 4.78 is 41.6. The third-order valence-electron chi connectivity index (χ3n) is 6.30. The van der Waals surface area contributed by atoms with E-state index in [9.17, 15) is 13.6 Å². The second-order valence-electron chi connectivity index (χ2n) is 8.52. The zero-order valence-electron chi connectivity index (χ0n) is 19.7. The number of halogens is 2. The van der Waals surface area contributed by atoms with E-state index in [1.165, 1.54) is 13.0 Å². The van der Waals surface area contributed by atoms with Crippen LogP contribution in [-0.4, -0.2) is 22.1 Å². The van der Waals surface area contributed by atoms with Crippen LogP contribution < -0.4 is 10.1 Å². The van der Waals surface area contributed by atoms with Gasteiger partial charge in [-0.15, -0.1) is 0 Å². The van der Waals surface area contributed by atoms with Crippen LogP contribution in [0.2, 0.25) is 0 Å². The predicted molar refractivity (Wildman–Crippen MR) is 129 cm³/mol. The lowest BCUT2D eigenvalue weighted by Crippen LogP contribution is -2.09. The van der Waals surface area contributed by atoms with Gasteiger partial charge in [0.05, 0.1) is 11.2 Å². The minimum absolute atomic E-state index is 0.146. The van der Waals surface area contributed by atoms with Gasteiger partial charge in [-0.2, -0.15) is 0 Å². The van der Waals surface area contributed by atoms with Gasteiger partial charge in [-0.1, -0.05) is 19.1 Å². The van der Waals surface area contributed by atoms with Gasteiger partial charge in [-0.25, -0.2) is 13.8 Å². The quantitative estimate of drug-likeness (QED) is 0.357. The number of aryl methyl sites for hydroxylation is 1. The highest BCUT2D eigenvalue weighted by atomic mass is 19.2. The largest absolute Gasteiger partial charge is 0.489 e. The lowest BCUT2D eigenvalue weighted by molar-refractivity contribution is -0.147. The Morgan fingerprint density at radius 2 is 2.06 bits per heavy atom. The first kappa shape index (κ1) is 22.8. The number of hydrogen-bond donors (Lipinski definition) is 1. The fourth-order valence-electron chi connectivity index (χ4n) is 4.54. The maximum Gasteiger partial charge on any atom is 0.303 e. The Kier molecular flexibility index (Phi) is 5.88. The molecule has 0 spiro atoms. The van der Waals surface area contributed by atoms with Crippen molar-refractivity contribution in [2.24, 2.45) is 0 Å². The smallest absolute Gasteiger partial charge is 0.303 e. The molecule has 0 bridgehead atoms. The summed E-state index contributed by atoms with van der Waals surface area (Å²) in [6.07, 6.45) is 0.180. The van der Waals surface area contributed by atoms with Crippen molar-refractivity contribution in [2.45, 2.75) is 39.8 Å². The molecule has 0 radical (unpaired) electrons. The second kappa shape index (κ2) is 9.02. The number of fused-ring (bicyclic) bond motifs is 2. The maximum atomic E-state index is 14.8. The minimum Gasteiger partial charge on any atom is -0.489 e. The van der Waals surface area contributed by atoms with Crippen LogP contribution >= 0.6 is 0 Å². The average Bonchev–Trinajstić information content (AvgIpc) is 3.41. The SMILES string of the molecule is CCc1nc2ccc(F)c(F)c2n1-c1cccc(CNc2ccc3c(c2)OC[C@H]3OC(C)=O)c1C. The number of hydrogen-bond acceptors (Lipinski definition) is 5. The molecule has 8 heteroatoms. The number of esters is 1. The van der Waals surface area contributed by atoms with Gasteiger partial charge in [0, 0.05) is 37.2 Å². The van der Waals surface area contributed by atoms with E-state index in [0.717, 1.165) is 34.1 Å². The molecule has 0 amide bonds. The molecule has 0 unspecified atom stereocenters. The monoisotopic (exact) mass is 477 g/mol. The summed E-state index contributed by atoms with van der Waals surface area (Å²) in [4.78, 5) is 15.8. The first-order chi connectivity index (χ1) is 16.9. The number of aromatic nitrogens is 2. The zero-order valence-corrected chi connectivity index (χ0v) is 19.7. The lowest BCUT2D eigenvalue weighted by Gasteiger charge is -2.16. The van der Waals surface area contributed by atoms with Crippen LogP contribution in [0.5, 0.6) is 5.75 Å². The van der Waals surface area contributed by atoms with Crippen molar-refractivity contribution in [3.8, 4) is 11.4 Å². The molecule has 1 aromatic heterocycles. The highest BCUT2D eigenvalue weighted by Gasteiger charge is 2.27. The Morgan fingerprint density at radius 1 is 1.23 bits per heavy atom. The number of nitrogens with one attached hydrogen (secondary N) is 1. The number of imidazole rings is 1. The van der Waals surface area contributed by atoms with Gasteiger partial charge in [-0.3, -0.25) is 9.36 Å². The van der Waals surface area contributed by atoms with Gasteiger partial charge in [0.15, 0.2) is 17.7 Å². The van der Waals surface area contributed by atoms with Gasteiger partial charge >= 0.3 is 5.97 Å². The molecule has 1 atom stereocenters. The van der Waals surface area contributed by atoms with E-state index in [-0.39, 0.29) is 11.5 Å². The Morgan fingerprint density at radius 3 is 2.83 bits per heavy atom. The zero-order chi connectivity index (χ0) is 24.7. The molecule has 0 fully saturated rings. The Bertz CT molecular complexity index is 1450. The molecule has 4 aromatic rings. The van der Waals surface area contributed by atoms with Gasteiger partial charge in [0.25, 0.3) is 0 Å². The van der Waals surface area contributed by atoms with Crippen molar-refractivity contribution in [3.05, 3.63) is 82.7 Å². The average molecular weight is 478 g/mol. The lowest BCUT2D eigenvalue weighted by atomic mass is 10.1. The molecule has 1 aliphatic rings. The number of benzene rings is 3. The fourth-order valence-corrected chi connectivity index (χ4v) is 4.54. The summed E-state index contributed by atoms with van der Waals surface area (Å²) in [7, 11) is 0. The topological polar surface area (TPSA) is 65.4 Å². The van der Waals surface area contributed by atoms with Crippen molar-refractivity contribution >= 4 is 22.7 Å². The first-order valence-corrected chi connectivity index (χ1v) is 11.5.